The molecule has 0 radical (unpaired) electrons. The molecule has 0 unspecified atom stereocenters. The zero-order valence-electron chi connectivity index (χ0n) is 15.0. The van der Waals surface area contributed by atoms with Crippen LogP contribution in [-0.2, 0) is 10.3 Å². The molecule has 0 aromatic heterocycles. The number of hydrogen-bond acceptors (Lipinski definition) is 3. The number of carbonyl (C=O) groups excluding carboxylic acids is 1. The van der Waals surface area contributed by atoms with Gasteiger partial charge >= 0.3 is 0 Å². The van der Waals surface area contributed by atoms with Gasteiger partial charge in [-0.05, 0) is 17.7 Å². The monoisotopic (exact) mass is 355 g/mol. The van der Waals surface area contributed by atoms with Gasteiger partial charge in [-0.25, -0.2) is 0 Å². The number of anilines is 1. The van der Waals surface area contributed by atoms with Crippen LogP contribution in [0.3, 0.4) is 0 Å². The predicted octanol–water partition coefficient (Wildman–Crippen LogP) is 4.53. The van der Waals surface area contributed by atoms with Crippen LogP contribution in [0.25, 0.3) is 0 Å². The third-order valence-corrected chi connectivity index (χ3v) is 4.36. The van der Waals surface area contributed by atoms with Gasteiger partial charge in [0.1, 0.15) is 6.61 Å². The van der Waals surface area contributed by atoms with Crippen LogP contribution < -0.4 is 5.32 Å². The number of rotatable bonds is 8. The first-order valence-electron chi connectivity index (χ1n) is 8.78. The summed E-state index contributed by atoms with van der Waals surface area (Å²) in [6.45, 7) is 0.292. The van der Waals surface area contributed by atoms with Gasteiger partial charge in [0.25, 0.3) is 0 Å². The first kappa shape index (κ1) is 18.4. The van der Waals surface area contributed by atoms with E-state index in [1.807, 2.05) is 78.9 Å². The van der Waals surface area contributed by atoms with E-state index in [-0.39, 0.29) is 18.9 Å². The molecule has 3 nitrogen and oxygen atoms in total. The van der Waals surface area contributed by atoms with Gasteiger partial charge in [-0.1, -0.05) is 84.8 Å². The maximum absolute atomic E-state index is 13.6. The topological polar surface area (TPSA) is 38.3 Å². The average molecular weight is 355 g/mol. The van der Waals surface area contributed by atoms with E-state index in [9.17, 15) is 4.79 Å². The molecule has 0 bridgehead atoms. The van der Waals surface area contributed by atoms with E-state index in [0.29, 0.717) is 5.56 Å². The van der Waals surface area contributed by atoms with Crippen LogP contribution in [0, 0.1) is 12.3 Å². The minimum atomic E-state index is -1.23. The molecule has 0 fully saturated rings. The summed E-state index contributed by atoms with van der Waals surface area (Å²) >= 11 is 0. The number of ketones is 1. The molecule has 0 aliphatic heterocycles. The number of benzene rings is 3. The van der Waals surface area contributed by atoms with E-state index in [4.69, 9.17) is 11.2 Å². The molecule has 0 heterocycles. The fourth-order valence-electron chi connectivity index (χ4n) is 2.99. The fraction of sp³-hybridized carbons (Fsp3) is 0.125. The molecule has 0 spiro atoms. The Kier molecular flexibility index (Phi) is 6.04. The minimum absolute atomic E-state index is 0.0317. The van der Waals surface area contributed by atoms with Gasteiger partial charge in [-0.2, -0.15) is 0 Å². The van der Waals surface area contributed by atoms with Gasteiger partial charge < -0.3 is 10.1 Å². The summed E-state index contributed by atoms with van der Waals surface area (Å²) in [5.74, 6) is 2.36. The Hall–Kier alpha value is -3.35. The Labute approximate surface area is 160 Å². The smallest absolute Gasteiger partial charge is 0.201 e. The maximum Gasteiger partial charge on any atom is 0.201 e. The highest BCUT2D eigenvalue weighted by Crippen LogP contribution is 2.31. The standard InChI is InChI=1S/C24H21NO2/c1-2-18-27-24(21-14-8-4-9-15-21,19-25-22-16-10-5-11-17-22)23(26)20-12-6-3-7-13-20/h1,3-17,25H,18-19H2/t24-/m1/s1. The van der Waals surface area contributed by atoms with E-state index in [0.717, 1.165) is 11.3 Å². The second-order valence-electron chi connectivity index (χ2n) is 6.10. The summed E-state index contributed by atoms with van der Waals surface area (Å²) in [5, 5.41) is 3.33. The molecule has 3 rings (SSSR count). The Morgan fingerprint density at radius 2 is 1.44 bits per heavy atom. The van der Waals surface area contributed by atoms with Gasteiger partial charge in [-0.15, -0.1) is 6.42 Å². The molecule has 134 valence electrons. The third-order valence-electron chi connectivity index (χ3n) is 4.36. The van der Waals surface area contributed by atoms with Crippen LogP contribution in [0.4, 0.5) is 5.69 Å². The third kappa shape index (κ3) is 4.25. The number of terminal acetylenes is 1. The molecular formula is C24H21NO2. The van der Waals surface area contributed by atoms with Crippen molar-refractivity contribution in [3.63, 3.8) is 0 Å². The highest BCUT2D eigenvalue weighted by Gasteiger charge is 2.41. The summed E-state index contributed by atoms with van der Waals surface area (Å²) < 4.78 is 6.05. The summed E-state index contributed by atoms with van der Waals surface area (Å²) in [6, 6.07) is 28.4. The van der Waals surface area contributed by atoms with Crippen molar-refractivity contribution in [1.82, 2.24) is 0 Å². The lowest BCUT2D eigenvalue weighted by Crippen LogP contribution is -2.45. The highest BCUT2D eigenvalue weighted by atomic mass is 16.5. The number of carbonyl (C=O) groups is 1. The van der Waals surface area contributed by atoms with Crippen molar-refractivity contribution in [2.75, 3.05) is 18.5 Å². The molecule has 3 aromatic carbocycles. The SMILES string of the molecule is C#CCO[C@@](CNc1ccccc1)(C(=O)c1ccccc1)c1ccccc1. The average Bonchev–Trinajstić information content (AvgIpc) is 2.76. The molecule has 0 aliphatic rings. The van der Waals surface area contributed by atoms with Crippen LogP contribution in [0.15, 0.2) is 91.0 Å². The lowest BCUT2D eigenvalue weighted by Gasteiger charge is -2.33. The molecule has 3 heteroatoms. The molecule has 0 amide bonds. The Balaban J connectivity index is 2.04. The van der Waals surface area contributed by atoms with Crippen molar-refractivity contribution < 1.29 is 9.53 Å². The van der Waals surface area contributed by atoms with Gasteiger partial charge in [0.15, 0.2) is 5.60 Å². The second-order valence-corrected chi connectivity index (χ2v) is 6.10. The highest BCUT2D eigenvalue weighted by molar-refractivity contribution is 6.03. The van der Waals surface area contributed by atoms with Crippen LogP contribution in [0.1, 0.15) is 15.9 Å². The van der Waals surface area contributed by atoms with E-state index < -0.39 is 5.60 Å². The number of para-hydroxylation sites is 1. The molecule has 27 heavy (non-hydrogen) atoms. The predicted molar refractivity (Wildman–Crippen MR) is 109 cm³/mol. The van der Waals surface area contributed by atoms with Crippen molar-refractivity contribution in [3.8, 4) is 12.3 Å². The Bertz CT molecular complexity index is 901. The molecule has 0 saturated heterocycles. The lowest BCUT2D eigenvalue weighted by molar-refractivity contribution is -0.00714. The number of hydrogen-bond donors (Lipinski definition) is 1. The van der Waals surface area contributed by atoms with E-state index in [1.165, 1.54) is 0 Å². The van der Waals surface area contributed by atoms with Crippen molar-refractivity contribution in [2.45, 2.75) is 5.60 Å². The van der Waals surface area contributed by atoms with Crippen molar-refractivity contribution in [2.24, 2.45) is 0 Å². The van der Waals surface area contributed by atoms with E-state index >= 15 is 0 Å². The van der Waals surface area contributed by atoms with Gasteiger partial charge in [-0.3, -0.25) is 4.79 Å². The lowest BCUT2D eigenvalue weighted by atomic mass is 9.85. The molecule has 3 aromatic rings. The summed E-state index contributed by atoms with van der Waals surface area (Å²) in [5.41, 5.74) is 1.01. The summed E-state index contributed by atoms with van der Waals surface area (Å²) in [4.78, 5) is 13.6. The van der Waals surface area contributed by atoms with Crippen LogP contribution in [-0.4, -0.2) is 18.9 Å². The van der Waals surface area contributed by atoms with Crippen molar-refractivity contribution >= 4 is 11.5 Å². The maximum atomic E-state index is 13.6. The molecule has 0 saturated carbocycles. The van der Waals surface area contributed by atoms with Gasteiger partial charge in [0, 0.05) is 11.3 Å². The number of Topliss-reactive ketones (excluding diaryl/α,β-unsaturated/α-hetero) is 1. The molecule has 0 aliphatic carbocycles. The quantitative estimate of drug-likeness (QED) is 0.477. The van der Waals surface area contributed by atoms with E-state index in [2.05, 4.69) is 11.2 Å². The fourth-order valence-corrected chi connectivity index (χ4v) is 2.99. The largest absolute Gasteiger partial charge is 0.381 e. The van der Waals surface area contributed by atoms with Crippen molar-refractivity contribution in [1.29, 1.82) is 0 Å². The van der Waals surface area contributed by atoms with Gasteiger partial charge in [0.05, 0.1) is 6.54 Å². The van der Waals surface area contributed by atoms with Crippen LogP contribution in [0.2, 0.25) is 0 Å². The minimum Gasteiger partial charge on any atom is -0.381 e. The molecule has 1 atom stereocenters. The summed E-state index contributed by atoms with van der Waals surface area (Å²) in [7, 11) is 0. The normalized spacial score (nSPS) is 12.6. The van der Waals surface area contributed by atoms with E-state index in [1.54, 1.807) is 12.1 Å². The molecular weight excluding hydrogens is 334 g/mol. The van der Waals surface area contributed by atoms with Crippen LogP contribution in [0.5, 0.6) is 0 Å². The zero-order chi connectivity index (χ0) is 19.0. The van der Waals surface area contributed by atoms with Crippen LogP contribution >= 0.6 is 0 Å². The second kappa shape index (κ2) is 8.84. The first-order chi connectivity index (χ1) is 13.3. The zero-order valence-corrected chi connectivity index (χ0v) is 15.0. The number of nitrogens with one attached hydrogen (secondary N) is 1. The van der Waals surface area contributed by atoms with Crippen molar-refractivity contribution in [3.05, 3.63) is 102 Å². The Morgan fingerprint density at radius 1 is 0.889 bits per heavy atom. The van der Waals surface area contributed by atoms with Gasteiger partial charge in [0.2, 0.25) is 5.78 Å². The summed E-state index contributed by atoms with van der Waals surface area (Å²) in [6.07, 6.45) is 5.45. The number of ether oxygens (including phenoxy) is 1. The Morgan fingerprint density at radius 3 is 2.04 bits per heavy atom. The first-order valence-corrected chi connectivity index (χ1v) is 8.78. The molecule has 1 N–H and O–H groups in total.